The first-order valence-corrected chi connectivity index (χ1v) is 7.62. The van der Waals surface area contributed by atoms with Gasteiger partial charge in [-0.25, -0.2) is 9.37 Å². The van der Waals surface area contributed by atoms with Crippen molar-refractivity contribution in [2.45, 2.75) is 13.1 Å². The molecule has 0 saturated carbocycles. The Bertz CT molecular complexity index is 725. The van der Waals surface area contributed by atoms with Crippen LogP contribution in [0.4, 0.5) is 15.9 Å². The van der Waals surface area contributed by atoms with E-state index in [1.54, 1.807) is 12.1 Å². The third-order valence-corrected chi connectivity index (χ3v) is 3.53. The van der Waals surface area contributed by atoms with E-state index in [-0.39, 0.29) is 23.9 Å². The summed E-state index contributed by atoms with van der Waals surface area (Å²) in [6.07, 6.45) is 1.47. The molecule has 0 atom stereocenters. The van der Waals surface area contributed by atoms with Crippen molar-refractivity contribution in [3.8, 4) is 0 Å². The van der Waals surface area contributed by atoms with Crippen molar-refractivity contribution in [3.63, 3.8) is 0 Å². The number of halogens is 2. The van der Waals surface area contributed by atoms with Gasteiger partial charge in [-0.05, 0) is 41.7 Å². The Morgan fingerprint density at radius 3 is 2.74 bits per heavy atom. The maximum atomic E-state index is 14.0. The van der Waals surface area contributed by atoms with Gasteiger partial charge in [-0.2, -0.15) is 0 Å². The molecule has 8 heteroatoms. The molecule has 122 valence electrons. The first kappa shape index (κ1) is 17.3. The predicted octanol–water partition coefficient (Wildman–Crippen LogP) is 3.57. The van der Waals surface area contributed by atoms with E-state index >= 15 is 0 Å². The summed E-state index contributed by atoms with van der Waals surface area (Å²) in [7, 11) is 3.74. The number of aromatic nitrogens is 1. The van der Waals surface area contributed by atoms with E-state index in [4.69, 9.17) is 0 Å². The molecule has 0 fully saturated rings. The summed E-state index contributed by atoms with van der Waals surface area (Å²) < 4.78 is 14.5. The standard InChI is InChI=1S/C15H16BrFN4O2/c1-20(2)9-11-4-3-10(5-13(11)17)7-18-15-14(21(22)23)6-12(16)8-19-15/h3-6,8H,7,9H2,1-2H3,(H,18,19). The molecule has 0 aliphatic rings. The van der Waals surface area contributed by atoms with E-state index in [9.17, 15) is 14.5 Å². The molecule has 2 aromatic rings. The number of hydrogen-bond donors (Lipinski definition) is 1. The fourth-order valence-corrected chi connectivity index (χ4v) is 2.38. The molecular formula is C15H16BrFN4O2. The van der Waals surface area contributed by atoms with E-state index in [2.05, 4.69) is 26.2 Å². The van der Waals surface area contributed by atoms with Crippen LogP contribution in [0.1, 0.15) is 11.1 Å². The molecule has 1 aromatic carbocycles. The second-order valence-electron chi connectivity index (χ2n) is 5.30. The van der Waals surface area contributed by atoms with E-state index in [0.717, 1.165) is 0 Å². The van der Waals surface area contributed by atoms with E-state index in [0.29, 0.717) is 22.1 Å². The van der Waals surface area contributed by atoms with Crippen LogP contribution in [0.25, 0.3) is 0 Å². The lowest BCUT2D eigenvalue weighted by Crippen LogP contribution is -2.12. The number of rotatable bonds is 6. The topological polar surface area (TPSA) is 71.3 Å². The molecule has 0 radical (unpaired) electrons. The van der Waals surface area contributed by atoms with Crippen LogP contribution in [-0.2, 0) is 13.1 Å². The highest BCUT2D eigenvalue weighted by Crippen LogP contribution is 2.25. The van der Waals surface area contributed by atoms with Gasteiger partial charge in [0.1, 0.15) is 5.82 Å². The first-order chi connectivity index (χ1) is 10.9. The van der Waals surface area contributed by atoms with Crippen molar-refractivity contribution in [3.05, 3.63) is 62.0 Å². The van der Waals surface area contributed by atoms with E-state index < -0.39 is 4.92 Å². The van der Waals surface area contributed by atoms with Gasteiger partial charge in [-0.3, -0.25) is 10.1 Å². The molecule has 1 heterocycles. The summed E-state index contributed by atoms with van der Waals surface area (Å²) in [6.45, 7) is 0.758. The number of hydrogen-bond acceptors (Lipinski definition) is 5. The van der Waals surface area contributed by atoms with Crippen molar-refractivity contribution < 1.29 is 9.31 Å². The Morgan fingerprint density at radius 2 is 2.13 bits per heavy atom. The average Bonchev–Trinajstić information content (AvgIpc) is 2.48. The number of nitro groups is 1. The SMILES string of the molecule is CN(C)Cc1ccc(CNc2ncc(Br)cc2[N+](=O)[O-])cc1F. The lowest BCUT2D eigenvalue weighted by atomic mass is 10.1. The second kappa shape index (κ2) is 7.47. The summed E-state index contributed by atoms with van der Waals surface area (Å²) in [5, 5.41) is 13.9. The Hall–Kier alpha value is -2.06. The van der Waals surface area contributed by atoms with Gasteiger partial charge in [0.05, 0.1) is 4.92 Å². The molecule has 0 saturated heterocycles. The third-order valence-electron chi connectivity index (χ3n) is 3.09. The van der Waals surface area contributed by atoms with Crippen LogP contribution in [0, 0.1) is 15.9 Å². The Labute approximate surface area is 141 Å². The van der Waals surface area contributed by atoms with Crippen LogP contribution in [-0.4, -0.2) is 28.9 Å². The Balaban J connectivity index is 2.12. The van der Waals surface area contributed by atoms with Crippen LogP contribution in [0.2, 0.25) is 0 Å². The molecule has 6 nitrogen and oxygen atoms in total. The van der Waals surface area contributed by atoms with Gasteiger partial charge in [-0.15, -0.1) is 0 Å². The maximum Gasteiger partial charge on any atom is 0.312 e. The Kier molecular flexibility index (Phi) is 5.62. The quantitative estimate of drug-likeness (QED) is 0.610. The molecule has 1 N–H and O–H groups in total. The molecular weight excluding hydrogens is 367 g/mol. The van der Waals surface area contributed by atoms with Gasteiger partial charge in [0.2, 0.25) is 5.82 Å². The summed E-state index contributed by atoms with van der Waals surface area (Å²) >= 11 is 3.15. The second-order valence-corrected chi connectivity index (χ2v) is 6.21. The van der Waals surface area contributed by atoms with Crippen LogP contribution in [0.5, 0.6) is 0 Å². The smallest absolute Gasteiger partial charge is 0.312 e. The van der Waals surface area contributed by atoms with Gasteiger partial charge in [0.15, 0.2) is 0 Å². The molecule has 0 aliphatic heterocycles. The average molecular weight is 383 g/mol. The number of nitrogens with one attached hydrogen (secondary N) is 1. The molecule has 0 bridgehead atoms. The summed E-state index contributed by atoms with van der Waals surface area (Å²) in [4.78, 5) is 16.4. The fourth-order valence-electron chi connectivity index (χ4n) is 2.06. The van der Waals surface area contributed by atoms with E-state index in [1.165, 1.54) is 18.3 Å². The van der Waals surface area contributed by atoms with Gasteiger partial charge in [0.25, 0.3) is 0 Å². The van der Waals surface area contributed by atoms with Crippen molar-refractivity contribution in [1.29, 1.82) is 0 Å². The van der Waals surface area contributed by atoms with Crippen LogP contribution >= 0.6 is 15.9 Å². The molecule has 23 heavy (non-hydrogen) atoms. The number of anilines is 1. The fraction of sp³-hybridized carbons (Fsp3) is 0.267. The first-order valence-electron chi connectivity index (χ1n) is 6.82. The van der Waals surface area contributed by atoms with Gasteiger partial charge < -0.3 is 10.2 Å². The van der Waals surface area contributed by atoms with Crippen molar-refractivity contribution in [1.82, 2.24) is 9.88 Å². The summed E-state index contributed by atoms with van der Waals surface area (Å²) in [5.41, 5.74) is 1.15. The highest BCUT2D eigenvalue weighted by atomic mass is 79.9. The zero-order valence-electron chi connectivity index (χ0n) is 12.7. The van der Waals surface area contributed by atoms with Crippen molar-refractivity contribution >= 4 is 27.4 Å². The minimum Gasteiger partial charge on any atom is -0.360 e. The van der Waals surface area contributed by atoms with Crippen LogP contribution in [0.15, 0.2) is 34.9 Å². The monoisotopic (exact) mass is 382 g/mol. The number of benzene rings is 1. The summed E-state index contributed by atoms with van der Waals surface area (Å²) in [6, 6.07) is 6.31. The number of nitrogens with zero attached hydrogens (tertiary/aromatic N) is 3. The van der Waals surface area contributed by atoms with Gasteiger partial charge in [0, 0.05) is 35.4 Å². The van der Waals surface area contributed by atoms with E-state index in [1.807, 2.05) is 19.0 Å². The minimum absolute atomic E-state index is 0.135. The summed E-state index contributed by atoms with van der Waals surface area (Å²) in [5.74, 6) is -0.146. The van der Waals surface area contributed by atoms with Gasteiger partial charge in [-0.1, -0.05) is 12.1 Å². The maximum absolute atomic E-state index is 14.0. The lowest BCUT2D eigenvalue weighted by molar-refractivity contribution is -0.384. The molecule has 0 spiro atoms. The van der Waals surface area contributed by atoms with Crippen molar-refractivity contribution in [2.75, 3.05) is 19.4 Å². The van der Waals surface area contributed by atoms with Crippen LogP contribution < -0.4 is 5.32 Å². The number of pyridine rings is 1. The molecule has 0 unspecified atom stereocenters. The normalized spacial score (nSPS) is 10.8. The minimum atomic E-state index is -0.513. The lowest BCUT2D eigenvalue weighted by Gasteiger charge is -2.12. The van der Waals surface area contributed by atoms with Crippen molar-refractivity contribution in [2.24, 2.45) is 0 Å². The highest BCUT2D eigenvalue weighted by molar-refractivity contribution is 9.10. The molecule has 0 aliphatic carbocycles. The highest BCUT2D eigenvalue weighted by Gasteiger charge is 2.15. The largest absolute Gasteiger partial charge is 0.360 e. The molecule has 0 amide bonds. The molecule has 1 aromatic heterocycles. The zero-order valence-corrected chi connectivity index (χ0v) is 14.3. The van der Waals surface area contributed by atoms with Crippen LogP contribution in [0.3, 0.4) is 0 Å². The molecule has 2 rings (SSSR count). The zero-order chi connectivity index (χ0) is 17.0. The predicted molar refractivity (Wildman–Crippen MR) is 89.7 cm³/mol. The third kappa shape index (κ3) is 4.70. The van der Waals surface area contributed by atoms with Gasteiger partial charge >= 0.3 is 5.69 Å². The Morgan fingerprint density at radius 1 is 1.39 bits per heavy atom.